The van der Waals surface area contributed by atoms with Crippen LogP contribution in [0.4, 0.5) is 10.2 Å². The quantitative estimate of drug-likeness (QED) is 0.371. The van der Waals surface area contributed by atoms with Crippen molar-refractivity contribution >= 4 is 45.4 Å². The fraction of sp³-hybridized carbons (Fsp3) is 0.200. The number of allylic oxidation sites excluding steroid dienone is 2. The van der Waals surface area contributed by atoms with Crippen LogP contribution in [0.5, 0.6) is 5.75 Å². The van der Waals surface area contributed by atoms with Crippen LogP contribution in [0.3, 0.4) is 0 Å². The Morgan fingerprint density at radius 3 is 2.66 bits per heavy atom. The van der Waals surface area contributed by atoms with E-state index in [0.717, 1.165) is 22.2 Å². The smallest absolute Gasteiger partial charge is 0.256 e. The molecular formula is C25H25BrFN3O2. The number of benzene rings is 2. The number of halogens is 2. The summed E-state index contributed by atoms with van der Waals surface area (Å²) in [5.41, 5.74) is 4.01. The molecule has 0 aliphatic carbocycles. The van der Waals surface area contributed by atoms with Crippen molar-refractivity contribution in [3.05, 3.63) is 80.7 Å². The van der Waals surface area contributed by atoms with Gasteiger partial charge < -0.3 is 10.1 Å². The first-order valence-corrected chi connectivity index (χ1v) is 11.0. The summed E-state index contributed by atoms with van der Waals surface area (Å²) in [6, 6.07) is 11.8. The highest BCUT2D eigenvalue weighted by Crippen LogP contribution is 2.32. The molecular weight excluding hydrogens is 473 g/mol. The number of rotatable bonds is 7. The topological polar surface area (TPSA) is 67.0 Å². The Hall–Kier alpha value is -3.19. The number of H-pyrrole nitrogens is 1. The van der Waals surface area contributed by atoms with Crippen LogP contribution in [0.1, 0.15) is 54.4 Å². The molecule has 0 spiro atoms. The fourth-order valence-electron chi connectivity index (χ4n) is 3.22. The molecule has 166 valence electrons. The van der Waals surface area contributed by atoms with E-state index in [-0.39, 0.29) is 11.7 Å². The van der Waals surface area contributed by atoms with Crippen LogP contribution in [0.25, 0.3) is 17.7 Å². The number of carbonyl (C=O) groups is 1. The Labute approximate surface area is 195 Å². The molecule has 1 aromatic heterocycles. The third-order valence-corrected chi connectivity index (χ3v) is 5.54. The van der Waals surface area contributed by atoms with Crippen LogP contribution in [0, 0.1) is 5.82 Å². The minimum Gasteiger partial charge on any atom is -0.496 e. The normalized spacial score (nSPS) is 12.1. The minimum atomic E-state index is -0.386. The second kappa shape index (κ2) is 10.4. The van der Waals surface area contributed by atoms with Crippen LogP contribution in [-0.4, -0.2) is 23.2 Å². The van der Waals surface area contributed by atoms with Crippen molar-refractivity contribution in [2.75, 3.05) is 12.4 Å². The van der Waals surface area contributed by atoms with Crippen LogP contribution < -0.4 is 10.1 Å². The second-order valence-corrected chi connectivity index (χ2v) is 8.27. The molecule has 0 bridgehead atoms. The fourth-order valence-corrected chi connectivity index (χ4v) is 3.62. The van der Waals surface area contributed by atoms with E-state index in [0.29, 0.717) is 33.8 Å². The molecule has 0 unspecified atom stereocenters. The Kier molecular flexibility index (Phi) is 7.64. The molecule has 0 atom stereocenters. The van der Waals surface area contributed by atoms with Crippen molar-refractivity contribution in [3.8, 4) is 5.75 Å². The van der Waals surface area contributed by atoms with E-state index in [1.165, 1.54) is 13.2 Å². The average Bonchev–Trinajstić information content (AvgIpc) is 3.13. The zero-order valence-corrected chi connectivity index (χ0v) is 20.0. The lowest BCUT2D eigenvalue weighted by atomic mass is 10.0. The lowest BCUT2D eigenvalue weighted by Gasteiger charge is -2.11. The number of amides is 1. The summed E-state index contributed by atoms with van der Waals surface area (Å²) in [7, 11) is 1.51. The highest BCUT2D eigenvalue weighted by atomic mass is 79.9. The Morgan fingerprint density at radius 2 is 1.97 bits per heavy atom. The van der Waals surface area contributed by atoms with Gasteiger partial charge in [0.05, 0.1) is 18.4 Å². The molecule has 0 radical (unpaired) electrons. The van der Waals surface area contributed by atoms with Gasteiger partial charge in [-0.15, -0.1) is 0 Å². The number of anilines is 1. The molecule has 0 aliphatic heterocycles. The van der Waals surface area contributed by atoms with Crippen molar-refractivity contribution in [2.45, 2.75) is 27.2 Å². The zero-order chi connectivity index (χ0) is 23.3. The predicted octanol–water partition coefficient (Wildman–Crippen LogP) is 6.95. The molecule has 0 fully saturated rings. The van der Waals surface area contributed by atoms with Crippen LogP contribution in [0.15, 0.2) is 52.5 Å². The largest absolute Gasteiger partial charge is 0.496 e. The van der Waals surface area contributed by atoms with Crippen LogP contribution in [-0.2, 0) is 0 Å². The van der Waals surface area contributed by atoms with Gasteiger partial charge in [0.25, 0.3) is 5.91 Å². The SMILES string of the molecule is CC/C(C)=C/c1[nH]nc(NC(=O)c2cccc(Br)c2)c1/C=C(\C)c1c(F)cccc1OC. The van der Waals surface area contributed by atoms with Gasteiger partial charge in [-0.1, -0.05) is 40.6 Å². The summed E-state index contributed by atoms with van der Waals surface area (Å²) in [5, 5.41) is 10.2. The van der Waals surface area contributed by atoms with Crippen molar-refractivity contribution in [1.29, 1.82) is 0 Å². The van der Waals surface area contributed by atoms with E-state index >= 15 is 0 Å². The number of nitrogens with one attached hydrogen (secondary N) is 2. The van der Waals surface area contributed by atoms with E-state index in [2.05, 4.69) is 38.4 Å². The lowest BCUT2D eigenvalue weighted by molar-refractivity contribution is 0.102. The zero-order valence-electron chi connectivity index (χ0n) is 18.4. The average molecular weight is 498 g/mol. The van der Waals surface area contributed by atoms with Crippen molar-refractivity contribution in [2.24, 2.45) is 0 Å². The Balaban J connectivity index is 2.08. The number of aromatic amines is 1. The molecule has 0 aliphatic rings. The summed E-state index contributed by atoms with van der Waals surface area (Å²) in [6.45, 7) is 5.87. The molecule has 1 heterocycles. The van der Waals surface area contributed by atoms with Gasteiger partial charge in [-0.05, 0) is 68.3 Å². The number of carbonyl (C=O) groups excluding carboxylic acids is 1. The summed E-state index contributed by atoms with van der Waals surface area (Å²) < 4.78 is 20.8. The molecule has 3 aromatic rings. The second-order valence-electron chi connectivity index (χ2n) is 7.35. The predicted molar refractivity (Wildman–Crippen MR) is 131 cm³/mol. The Bertz CT molecular complexity index is 1200. The Morgan fingerprint density at radius 1 is 1.22 bits per heavy atom. The summed E-state index contributed by atoms with van der Waals surface area (Å²) in [6.07, 6.45) is 4.64. The molecule has 3 rings (SSSR count). The highest BCUT2D eigenvalue weighted by Gasteiger charge is 2.17. The number of ether oxygens (including phenoxy) is 1. The molecule has 32 heavy (non-hydrogen) atoms. The lowest BCUT2D eigenvalue weighted by Crippen LogP contribution is -2.13. The number of aromatic nitrogens is 2. The van der Waals surface area contributed by atoms with E-state index in [9.17, 15) is 9.18 Å². The van der Waals surface area contributed by atoms with Gasteiger partial charge in [-0.2, -0.15) is 5.10 Å². The highest BCUT2D eigenvalue weighted by molar-refractivity contribution is 9.10. The molecule has 0 saturated carbocycles. The third-order valence-electron chi connectivity index (χ3n) is 5.05. The summed E-state index contributed by atoms with van der Waals surface area (Å²) in [4.78, 5) is 12.8. The van der Waals surface area contributed by atoms with Crippen molar-refractivity contribution < 1.29 is 13.9 Å². The van der Waals surface area contributed by atoms with Gasteiger partial charge in [0.2, 0.25) is 0 Å². The first-order chi connectivity index (χ1) is 15.3. The number of nitrogens with zero attached hydrogens (tertiary/aromatic N) is 1. The molecule has 2 N–H and O–H groups in total. The van der Waals surface area contributed by atoms with Crippen molar-refractivity contribution in [1.82, 2.24) is 10.2 Å². The van der Waals surface area contributed by atoms with Crippen molar-refractivity contribution in [3.63, 3.8) is 0 Å². The molecule has 2 aromatic carbocycles. The van der Waals surface area contributed by atoms with E-state index < -0.39 is 0 Å². The van der Waals surface area contributed by atoms with E-state index in [4.69, 9.17) is 4.74 Å². The van der Waals surface area contributed by atoms with Gasteiger partial charge in [0.1, 0.15) is 11.6 Å². The summed E-state index contributed by atoms with van der Waals surface area (Å²) >= 11 is 3.38. The van der Waals surface area contributed by atoms with Gasteiger partial charge in [0, 0.05) is 15.6 Å². The first kappa shape index (κ1) is 23.5. The molecule has 0 saturated heterocycles. The van der Waals surface area contributed by atoms with E-state index in [1.54, 1.807) is 43.3 Å². The third kappa shape index (κ3) is 5.34. The van der Waals surface area contributed by atoms with Gasteiger partial charge in [-0.3, -0.25) is 9.89 Å². The van der Waals surface area contributed by atoms with Crippen LogP contribution >= 0.6 is 15.9 Å². The maximum Gasteiger partial charge on any atom is 0.256 e. The van der Waals surface area contributed by atoms with Crippen LogP contribution in [0.2, 0.25) is 0 Å². The number of methoxy groups -OCH3 is 1. The van der Waals surface area contributed by atoms with Gasteiger partial charge in [0.15, 0.2) is 5.82 Å². The first-order valence-electron chi connectivity index (χ1n) is 10.2. The number of hydrogen-bond acceptors (Lipinski definition) is 3. The molecule has 1 amide bonds. The monoisotopic (exact) mass is 497 g/mol. The number of hydrogen-bond donors (Lipinski definition) is 2. The van der Waals surface area contributed by atoms with Gasteiger partial charge in [-0.25, -0.2) is 4.39 Å². The molecule has 5 nitrogen and oxygen atoms in total. The summed E-state index contributed by atoms with van der Waals surface area (Å²) in [5.74, 6) is 0.114. The van der Waals surface area contributed by atoms with Gasteiger partial charge >= 0.3 is 0 Å². The maximum absolute atomic E-state index is 14.6. The minimum absolute atomic E-state index is 0.295. The maximum atomic E-state index is 14.6. The molecule has 7 heteroatoms. The standard InChI is InChI=1S/C25H25BrFN3O2/c1-5-15(2)12-21-19(13-16(3)23-20(27)10-7-11-22(23)32-4)24(30-29-21)28-25(31)17-8-6-9-18(26)14-17/h6-14H,5H2,1-4H3,(H2,28,29,30,31)/b15-12+,16-13+. The van der Waals surface area contributed by atoms with E-state index in [1.807, 2.05) is 19.1 Å².